The molecule has 1 nitrogen and oxygen atoms in total. The Morgan fingerprint density at radius 2 is 1.93 bits per heavy atom. The second-order valence-electron chi connectivity index (χ2n) is 3.18. The van der Waals surface area contributed by atoms with E-state index in [1.165, 1.54) is 11.1 Å². The Balaban J connectivity index is 2.92. The Hall–Kier alpha value is -0.150. The molecule has 0 amide bonds. The molecule has 0 fully saturated rings. The molecule has 0 aliphatic heterocycles. The summed E-state index contributed by atoms with van der Waals surface area (Å²) in [6.07, 6.45) is 0.526. The van der Waals surface area contributed by atoms with Crippen molar-refractivity contribution in [2.75, 3.05) is 5.33 Å². The summed E-state index contributed by atoms with van der Waals surface area (Å²) in [6, 6.07) is 6.09. The molecule has 0 bridgehead atoms. The zero-order valence-electron chi connectivity index (χ0n) is 8.02. The van der Waals surface area contributed by atoms with Crippen LogP contribution in [0.5, 0.6) is 0 Å². The summed E-state index contributed by atoms with van der Waals surface area (Å²) >= 11 is 6.61. The third-order valence-corrected chi connectivity index (χ3v) is 3.47. The first-order valence-electron chi connectivity index (χ1n) is 4.40. The van der Waals surface area contributed by atoms with Crippen molar-refractivity contribution in [3.8, 4) is 0 Å². The van der Waals surface area contributed by atoms with Gasteiger partial charge in [-0.25, -0.2) is 0 Å². The Bertz CT molecular complexity index is 334. The Labute approximate surface area is 101 Å². The number of alkyl halides is 2. The highest BCUT2D eigenvalue weighted by Gasteiger charge is 2.06. The molecule has 0 saturated carbocycles. The van der Waals surface area contributed by atoms with Crippen LogP contribution >= 0.6 is 31.9 Å². The number of ketones is 1. The molecule has 76 valence electrons. The van der Waals surface area contributed by atoms with Crippen molar-refractivity contribution in [3.05, 3.63) is 34.9 Å². The molecule has 1 aromatic carbocycles. The number of carbonyl (C=O) groups is 1. The minimum atomic E-state index is 0.222. The SMILES string of the molecule is Cc1c(CBr)cccc1CC(=O)CBr. The monoisotopic (exact) mass is 318 g/mol. The molecule has 0 atom stereocenters. The van der Waals surface area contributed by atoms with Gasteiger partial charge in [-0.3, -0.25) is 4.79 Å². The van der Waals surface area contributed by atoms with Gasteiger partial charge in [0.15, 0.2) is 0 Å². The van der Waals surface area contributed by atoms with Crippen molar-refractivity contribution in [1.82, 2.24) is 0 Å². The molecule has 0 aliphatic rings. The molecular formula is C11H12Br2O. The topological polar surface area (TPSA) is 17.1 Å². The predicted octanol–water partition coefficient (Wildman–Crippen LogP) is 3.40. The average molecular weight is 320 g/mol. The van der Waals surface area contributed by atoms with Gasteiger partial charge in [-0.15, -0.1) is 0 Å². The summed E-state index contributed by atoms with van der Waals surface area (Å²) in [5.41, 5.74) is 3.61. The van der Waals surface area contributed by atoms with Crippen molar-refractivity contribution in [1.29, 1.82) is 0 Å². The molecule has 0 unspecified atom stereocenters. The summed E-state index contributed by atoms with van der Waals surface area (Å²) in [7, 11) is 0. The third kappa shape index (κ3) is 2.92. The lowest BCUT2D eigenvalue weighted by atomic mass is 10.00. The van der Waals surface area contributed by atoms with Crippen LogP contribution in [0.2, 0.25) is 0 Å². The number of halogens is 2. The highest BCUT2D eigenvalue weighted by atomic mass is 79.9. The first kappa shape index (κ1) is 11.9. The quantitative estimate of drug-likeness (QED) is 0.777. The van der Waals surface area contributed by atoms with E-state index in [-0.39, 0.29) is 5.78 Å². The van der Waals surface area contributed by atoms with Gasteiger partial charge in [0.1, 0.15) is 5.78 Å². The summed E-state index contributed by atoms with van der Waals surface area (Å²) in [5.74, 6) is 0.222. The van der Waals surface area contributed by atoms with Gasteiger partial charge < -0.3 is 0 Å². The van der Waals surface area contributed by atoms with Crippen LogP contribution in [0.25, 0.3) is 0 Å². The highest BCUT2D eigenvalue weighted by Crippen LogP contribution is 2.17. The molecule has 1 aromatic rings. The Kier molecular flexibility index (Phi) is 4.82. The molecule has 0 aromatic heterocycles. The number of benzene rings is 1. The molecule has 0 heterocycles. The van der Waals surface area contributed by atoms with Crippen molar-refractivity contribution in [2.24, 2.45) is 0 Å². The van der Waals surface area contributed by atoms with Gasteiger partial charge >= 0.3 is 0 Å². The smallest absolute Gasteiger partial charge is 0.147 e. The van der Waals surface area contributed by atoms with Crippen molar-refractivity contribution in [2.45, 2.75) is 18.7 Å². The van der Waals surface area contributed by atoms with Gasteiger partial charge in [0.2, 0.25) is 0 Å². The molecular weight excluding hydrogens is 308 g/mol. The Morgan fingerprint density at radius 3 is 2.50 bits per heavy atom. The van der Waals surface area contributed by atoms with Gasteiger partial charge in [0.05, 0.1) is 5.33 Å². The second-order valence-corrected chi connectivity index (χ2v) is 4.31. The van der Waals surface area contributed by atoms with Gasteiger partial charge in [0, 0.05) is 11.8 Å². The summed E-state index contributed by atoms with van der Waals surface area (Å²) in [4.78, 5) is 11.3. The van der Waals surface area contributed by atoms with E-state index in [2.05, 4.69) is 44.8 Å². The summed E-state index contributed by atoms with van der Waals surface area (Å²) in [5, 5.41) is 1.28. The lowest BCUT2D eigenvalue weighted by Gasteiger charge is -2.07. The van der Waals surface area contributed by atoms with E-state index in [9.17, 15) is 4.79 Å². The van der Waals surface area contributed by atoms with Crippen molar-refractivity contribution < 1.29 is 4.79 Å². The fraction of sp³-hybridized carbons (Fsp3) is 0.364. The average Bonchev–Trinajstić information content (AvgIpc) is 2.21. The summed E-state index contributed by atoms with van der Waals surface area (Å²) < 4.78 is 0. The van der Waals surface area contributed by atoms with Gasteiger partial charge in [-0.1, -0.05) is 50.1 Å². The van der Waals surface area contributed by atoms with Crippen LogP contribution in [0.4, 0.5) is 0 Å². The maximum Gasteiger partial charge on any atom is 0.147 e. The van der Waals surface area contributed by atoms with E-state index in [1.54, 1.807) is 0 Å². The van der Waals surface area contributed by atoms with E-state index in [4.69, 9.17) is 0 Å². The number of Topliss-reactive ketones (excluding diaryl/α,β-unsaturated/α-hetero) is 1. The van der Waals surface area contributed by atoms with E-state index in [0.717, 1.165) is 10.9 Å². The van der Waals surface area contributed by atoms with Crippen molar-refractivity contribution >= 4 is 37.6 Å². The minimum absolute atomic E-state index is 0.222. The summed E-state index contributed by atoms with van der Waals surface area (Å²) in [6.45, 7) is 2.06. The zero-order valence-corrected chi connectivity index (χ0v) is 11.2. The van der Waals surface area contributed by atoms with Crippen molar-refractivity contribution in [3.63, 3.8) is 0 Å². The molecule has 14 heavy (non-hydrogen) atoms. The molecule has 1 rings (SSSR count). The fourth-order valence-electron chi connectivity index (χ4n) is 1.33. The molecule has 0 spiro atoms. The number of hydrogen-bond acceptors (Lipinski definition) is 1. The maximum absolute atomic E-state index is 11.3. The maximum atomic E-state index is 11.3. The van der Waals surface area contributed by atoms with E-state index < -0.39 is 0 Å². The fourth-order valence-corrected chi connectivity index (χ4v) is 2.14. The first-order chi connectivity index (χ1) is 6.69. The number of rotatable bonds is 4. The van der Waals surface area contributed by atoms with E-state index in [0.29, 0.717) is 11.8 Å². The first-order valence-corrected chi connectivity index (χ1v) is 6.64. The lowest BCUT2D eigenvalue weighted by Crippen LogP contribution is -2.05. The van der Waals surface area contributed by atoms with E-state index >= 15 is 0 Å². The van der Waals surface area contributed by atoms with Crippen LogP contribution in [-0.2, 0) is 16.5 Å². The second kappa shape index (κ2) is 5.66. The third-order valence-electron chi connectivity index (χ3n) is 2.24. The lowest BCUT2D eigenvalue weighted by molar-refractivity contribution is -0.115. The highest BCUT2D eigenvalue weighted by molar-refractivity contribution is 9.09. The molecule has 0 aliphatic carbocycles. The van der Waals surface area contributed by atoms with Crippen LogP contribution < -0.4 is 0 Å². The standard InChI is InChI=1S/C11H12Br2O/c1-8-9(5-11(14)7-13)3-2-4-10(8)6-12/h2-4H,5-7H2,1H3. The number of carbonyl (C=O) groups excluding carboxylic acids is 1. The normalized spacial score (nSPS) is 10.2. The predicted molar refractivity (Wildman–Crippen MR) is 66.3 cm³/mol. The zero-order chi connectivity index (χ0) is 10.6. The van der Waals surface area contributed by atoms with Gasteiger partial charge in [-0.2, -0.15) is 0 Å². The van der Waals surface area contributed by atoms with Crippen LogP contribution in [0.1, 0.15) is 16.7 Å². The molecule has 3 heteroatoms. The Morgan fingerprint density at radius 1 is 1.29 bits per heavy atom. The minimum Gasteiger partial charge on any atom is -0.298 e. The van der Waals surface area contributed by atoms with Crippen LogP contribution in [-0.4, -0.2) is 11.1 Å². The number of hydrogen-bond donors (Lipinski definition) is 0. The largest absolute Gasteiger partial charge is 0.298 e. The van der Waals surface area contributed by atoms with E-state index in [1.807, 2.05) is 12.1 Å². The molecule has 0 radical (unpaired) electrons. The molecule has 0 N–H and O–H groups in total. The molecule has 0 saturated heterocycles. The van der Waals surface area contributed by atoms with Crippen LogP contribution in [0.15, 0.2) is 18.2 Å². The van der Waals surface area contributed by atoms with Gasteiger partial charge in [0.25, 0.3) is 0 Å². The van der Waals surface area contributed by atoms with Crippen LogP contribution in [0, 0.1) is 6.92 Å². The van der Waals surface area contributed by atoms with Crippen LogP contribution in [0.3, 0.4) is 0 Å². The van der Waals surface area contributed by atoms with Gasteiger partial charge in [-0.05, 0) is 23.6 Å².